The minimum atomic E-state index is -0.557. The number of halogens is 1. The summed E-state index contributed by atoms with van der Waals surface area (Å²) in [4.78, 5) is 16.5. The number of hydrogen-bond donors (Lipinski definition) is 1. The van der Waals surface area contributed by atoms with Crippen molar-refractivity contribution >= 4 is 22.5 Å². The predicted octanol–water partition coefficient (Wildman–Crippen LogP) is 5.42. The Morgan fingerprint density at radius 1 is 0.889 bits per heavy atom. The second-order valence-corrected chi connectivity index (χ2v) is 5.89. The van der Waals surface area contributed by atoms with Crippen LogP contribution in [0.3, 0.4) is 0 Å². The number of ether oxygens (including phenoxy) is 1. The second kappa shape index (κ2) is 7.25. The maximum Gasteiger partial charge on any atom is 0.258 e. The van der Waals surface area contributed by atoms with Gasteiger partial charge in [-0.15, -0.1) is 0 Å². The van der Waals surface area contributed by atoms with Crippen LogP contribution in [0.2, 0.25) is 0 Å². The van der Waals surface area contributed by atoms with Gasteiger partial charge in [-0.2, -0.15) is 0 Å². The number of benzene rings is 3. The lowest BCUT2D eigenvalue weighted by molar-refractivity contribution is 0.102. The smallest absolute Gasteiger partial charge is 0.258 e. The summed E-state index contributed by atoms with van der Waals surface area (Å²) in [7, 11) is 0. The Hall–Kier alpha value is -3.73. The van der Waals surface area contributed by atoms with E-state index in [4.69, 9.17) is 4.74 Å². The summed E-state index contributed by atoms with van der Waals surface area (Å²) in [6.45, 7) is 0. The molecule has 0 aliphatic carbocycles. The molecule has 1 heterocycles. The molecule has 0 bridgehead atoms. The summed E-state index contributed by atoms with van der Waals surface area (Å²) in [6, 6.07) is 22.3. The van der Waals surface area contributed by atoms with Gasteiger partial charge in [-0.1, -0.05) is 30.3 Å². The van der Waals surface area contributed by atoms with E-state index < -0.39 is 11.7 Å². The van der Waals surface area contributed by atoms with Crippen molar-refractivity contribution in [3.63, 3.8) is 0 Å². The fraction of sp³-hybridized carbons (Fsp3) is 0. The first-order valence-corrected chi connectivity index (χ1v) is 8.38. The number of fused-ring (bicyclic) bond motifs is 1. The third-order valence-corrected chi connectivity index (χ3v) is 4.05. The molecule has 0 fully saturated rings. The molecule has 27 heavy (non-hydrogen) atoms. The number of pyridine rings is 1. The Morgan fingerprint density at radius 3 is 2.48 bits per heavy atom. The Morgan fingerprint density at radius 2 is 1.67 bits per heavy atom. The van der Waals surface area contributed by atoms with Crippen LogP contribution in [0.5, 0.6) is 11.5 Å². The minimum absolute atomic E-state index is 0.000318. The summed E-state index contributed by atoms with van der Waals surface area (Å²) in [5.41, 5.74) is 1.32. The van der Waals surface area contributed by atoms with Crippen molar-refractivity contribution in [3.05, 3.63) is 96.4 Å². The molecule has 5 heteroatoms. The monoisotopic (exact) mass is 358 g/mol. The summed E-state index contributed by atoms with van der Waals surface area (Å²) in [6.07, 6.45) is 1.72. The second-order valence-electron chi connectivity index (χ2n) is 5.89. The molecule has 0 radical (unpaired) electrons. The van der Waals surface area contributed by atoms with Crippen molar-refractivity contribution < 1.29 is 13.9 Å². The van der Waals surface area contributed by atoms with Crippen LogP contribution in [0.15, 0.2) is 85.1 Å². The van der Waals surface area contributed by atoms with Crippen LogP contribution < -0.4 is 10.1 Å². The molecule has 0 saturated heterocycles. The standard InChI is InChI=1S/C22H15FN2O2/c23-19-8-2-1-7-18(19)22(26)25-16-10-12-17(13-11-16)27-20-9-3-5-15-6-4-14-24-21(15)20/h1-14H,(H,25,26). The Kier molecular flexibility index (Phi) is 4.49. The predicted molar refractivity (Wildman–Crippen MR) is 103 cm³/mol. The Bertz CT molecular complexity index is 1110. The molecule has 1 N–H and O–H groups in total. The highest BCUT2D eigenvalue weighted by Crippen LogP contribution is 2.29. The molecule has 132 valence electrons. The van der Waals surface area contributed by atoms with E-state index in [1.165, 1.54) is 12.1 Å². The van der Waals surface area contributed by atoms with E-state index in [0.29, 0.717) is 17.2 Å². The van der Waals surface area contributed by atoms with E-state index >= 15 is 0 Å². The lowest BCUT2D eigenvalue weighted by Gasteiger charge is -2.10. The van der Waals surface area contributed by atoms with Gasteiger partial charge in [-0.25, -0.2) is 4.39 Å². The van der Waals surface area contributed by atoms with E-state index in [1.54, 1.807) is 42.6 Å². The van der Waals surface area contributed by atoms with Gasteiger partial charge in [0.15, 0.2) is 5.75 Å². The van der Waals surface area contributed by atoms with Gasteiger partial charge in [-0.05, 0) is 48.5 Å². The zero-order chi connectivity index (χ0) is 18.6. The molecule has 0 unspecified atom stereocenters. The van der Waals surface area contributed by atoms with Crippen molar-refractivity contribution in [2.24, 2.45) is 0 Å². The van der Waals surface area contributed by atoms with Crippen LogP contribution in [0.1, 0.15) is 10.4 Å². The SMILES string of the molecule is O=C(Nc1ccc(Oc2cccc3cccnc23)cc1)c1ccccc1F. The number of anilines is 1. The number of hydrogen-bond acceptors (Lipinski definition) is 3. The Labute approximate surface area is 155 Å². The number of amides is 1. The lowest BCUT2D eigenvalue weighted by Crippen LogP contribution is -2.13. The molecule has 1 aromatic heterocycles. The van der Waals surface area contributed by atoms with Crippen molar-refractivity contribution in [1.29, 1.82) is 0 Å². The number of aromatic nitrogens is 1. The average Bonchev–Trinajstić information content (AvgIpc) is 2.70. The van der Waals surface area contributed by atoms with Gasteiger partial charge in [0, 0.05) is 17.3 Å². The molecule has 4 rings (SSSR count). The van der Waals surface area contributed by atoms with Crippen LogP contribution in [-0.2, 0) is 0 Å². The topological polar surface area (TPSA) is 51.2 Å². The number of nitrogens with one attached hydrogen (secondary N) is 1. The highest BCUT2D eigenvalue weighted by Gasteiger charge is 2.11. The summed E-state index contributed by atoms with van der Waals surface area (Å²) in [5.74, 6) is 0.201. The van der Waals surface area contributed by atoms with Crippen LogP contribution in [0.4, 0.5) is 10.1 Å². The zero-order valence-corrected chi connectivity index (χ0v) is 14.2. The zero-order valence-electron chi connectivity index (χ0n) is 14.2. The normalized spacial score (nSPS) is 10.6. The van der Waals surface area contributed by atoms with Gasteiger partial charge in [0.2, 0.25) is 0 Å². The third kappa shape index (κ3) is 3.62. The fourth-order valence-corrected chi connectivity index (χ4v) is 2.74. The highest BCUT2D eigenvalue weighted by atomic mass is 19.1. The van der Waals surface area contributed by atoms with Crippen molar-refractivity contribution in [3.8, 4) is 11.5 Å². The van der Waals surface area contributed by atoms with E-state index in [-0.39, 0.29) is 5.56 Å². The van der Waals surface area contributed by atoms with E-state index in [0.717, 1.165) is 10.9 Å². The largest absolute Gasteiger partial charge is 0.455 e. The summed E-state index contributed by atoms with van der Waals surface area (Å²) in [5, 5.41) is 3.66. The fourth-order valence-electron chi connectivity index (χ4n) is 2.74. The van der Waals surface area contributed by atoms with Crippen LogP contribution >= 0.6 is 0 Å². The van der Waals surface area contributed by atoms with Crippen LogP contribution in [0.25, 0.3) is 10.9 Å². The summed E-state index contributed by atoms with van der Waals surface area (Å²) < 4.78 is 19.6. The summed E-state index contributed by atoms with van der Waals surface area (Å²) >= 11 is 0. The van der Waals surface area contributed by atoms with Gasteiger partial charge in [0.05, 0.1) is 5.56 Å². The molecule has 0 saturated carbocycles. The maximum atomic E-state index is 13.7. The van der Waals surface area contributed by atoms with Gasteiger partial charge in [0.1, 0.15) is 17.1 Å². The number of rotatable bonds is 4. The first-order valence-electron chi connectivity index (χ1n) is 8.38. The van der Waals surface area contributed by atoms with Crippen LogP contribution in [0, 0.1) is 5.82 Å². The van der Waals surface area contributed by atoms with Crippen molar-refractivity contribution in [1.82, 2.24) is 4.98 Å². The van der Waals surface area contributed by atoms with E-state index in [1.807, 2.05) is 30.3 Å². The molecule has 0 atom stereocenters. The van der Waals surface area contributed by atoms with Crippen molar-refractivity contribution in [2.45, 2.75) is 0 Å². The van der Waals surface area contributed by atoms with Gasteiger partial charge >= 0.3 is 0 Å². The molecule has 3 aromatic carbocycles. The number of nitrogens with zero attached hydrogens (tertiary/aromatic N) is 1. The van der Waals surface area contributed by atoms with Gasteiger partial charge in [-0.3, -0.25) is 9.78 Å². The third-order valence-electron chi connectivity index (χ3n) is 4.05. The average molecular weight is 358 g/mol. The number of carbonyl (C=O) groups is 1. The molecule has 4 aromatic rings. The first-order chi connectivity index (χ1) is 13.2. The maximum absolute atomic E-state index is 13.7. The first kappa shape index (κ1) is 16.7. The van der Waals surface area contributed by atoms with Crippen molar-refractivity contribution in [2.75, 3.05) is 5.32 Å². The van der Waals surface area contributed by atoms with E-state index in [2.05, 4.69) is 10.3 Å². The Balaban J connectivity index is 1.51. The molecule has 0 spiro atoms. The van der Waals surface area contributed by atoms with Gasteiger partial charge in [0.25, 0.3) is 5.91 Å². The molecule has 1 amide bonds. The quantitative estimate of drug-likeness (QED) is 0.530. The molecule has 4 nitrogen and oxygen atoms in total. The highest BCUT2D eigenvalue weighted by molar-refractivity contribution is 6.04. The number of para-hydroxylation sites is 1. The molecular weight excluding hydrogens is 343 g/mol. The molecule has 0 aliphatic rings. The van der Waals surface area contributed by atoms with Crippen LogP contribution in [-0.4, -0.2) is 10.9 Å². The minimum Gasteiger partial charge on any atom is -0.455 e. The lowest BCUT2D eigenvalue weighted by atomic mass is 10.2. The number of carbonyl (C=O) groups excluding carboxylic acids is 1. The van der Waals surface area contributed by atoms with E-state index in [9.17, 15) is 9.18 Å². The van der Waals surface area contributed by atoms with Gasteiger partial charge < -0.3 is 10.1 Å². The molecular formula is C22H15FN2O2. The molecule has 0 aliphatic heterocycles.